The van der Waals surface area contributed by atoms with Crippen molar-refractivity contribution in [3.63, 3.8) is 0 Å². The predicted octanol–water partition coefficient (Wildman–Crippen LogP) is 0.903. The van der Waals surface area contributed by atoms with Crippen molar-refractivity contribution in [1.82, 2.24) is 0 Å². The van der Waals surface area contributed by atoms with Gasteiger partial charge in [0.25, 0.3) is 5.78 Å². The maximum Gasteiger partial charge on any atom is 0.542 e. The molecule has 0 N–H and O–H groups in total. The molecule has 8 heteroatoms. The van der Waals surface area contributed by atoms with E-state index in [1.807, 2.05) is 6.07 Å². The first-order chi connectivity index (χ1) is 11.5. The lowest BCUT2D eigenvalue weighted by molar-refractivity contribution is -0.788. The number of nitrogens with zero attached hydrogens (tertiary/aromatic N) is 3. The molecule has 2 aromatic rings. The molecule has 8 nitrogen and oxygen atoms in total. The smallest absolute Gasteiger partial charge is 0.282 e. The molecule has 0 aromatic heterocycles. The molecule has 118 valence electrons. The van der Waals surface area contributed by atoms with Crippen LogP contribution in [0.5, 0.6) is 0 Å². The molecule has 0 saturated heterocycles. The summed E-state index contributed by atoms with van der Waals surface area (Å²) < 4.78 is 0. The maximum absolute atomic E-state index is 12.2. The van der Waals surface area contributed by atoms with Gasteiger partial charge in [0.05, 0.1) is 5.36 Å². The van der Waals surface area contributed by atoms with E-state index in [1.54, 1.807) is 24.4 Å². The van der Waals surface area contributed by atoms with E-state index in [2.05, 4.69) is 4.99 Å². The Morgan fingerprint density at radius 1 is 1.12 bits per heavy atom. The second kappa shape index (κ2) is 4.54. The van der Waals surface area contributed by atoms with Gasteiger partial charge in [0, 0.05) is 18.2 Å². The predicted molar refractivity (Wildman–Crippen MR) is 83.5 cm³/mol. The first-order valence-corrected chi connectivity index (χ1v) is 7.10. The van der Waals surface area contributed by atoms with Crippen molar-refractivity contribution in [2.75, 3.05) is 0 Å². The minimum absolute atomic E-state index is 0.199. The van der Waals surface area contributed by atoms with Crippen molar-refractivity contribution in [2.45, 2.75) is 12.1 Å². The largest absolute Gasteiger partial charge is 0.542 e. The van der Waals surface area contributed by atoms with Gasteiger partial charge in [-0.15, -0.1) is 0 Å². The van der Waals surface area contributed by atoms with Gasteiger partial charge in [-0.2, -0.15) is 0 Å². The Kier molecular flexibility index (Phi) is 2.69. The number of hydrogen-bond donors (Lipinski definition) is 0. The third kappa shape index (κ3) is 1.56. The van der Waals surface area contributed by atoms with Gasteiger partial charge in [-0.25, -0.2) is 0 Å². The number of benzene rings is 2. The number of nitro groups is 2. The SMILES string of the molecule is O=C1CC=c2cc3ccc4c(c3cc2C1([N+](=O)[O-])[N+](=O)[O-])C=CN=4. The number of fused-ring (bicyclic) bond motifs is 4. The zero-order valence-corrected chi connectivity index (χ0v) is 12.1. The van der Waals surface area contributed by atoms with Gasteiger partial charge >= 0.3 is 5.66 Å². The Balaban J connectivity index is 2.18. The maximum atomic E-state index is 12.2. The first-order valence-electron chi connectivity index (χ1n) is 7.10. The van der Waals surface area contributed by atoms with E-state index < -0.39 is 21.3 Å². The van der Waals surface area contributed by atoms with Crippen LogP contribution in [0.1, 0.15) is 17.5 Å². The van der Waals surface area contributed by atoms with Crippen molar-refractivity contribution in [1.29, 1.82) is 0 Å². The van der Waals surface area contributed by atoms with Crippen LogP contribution in [-0.2, 0) is 10.5 Å². The average Bonchev–Trinajstić information content (AvgIpc) is 3.01. The zero-order valence-electron chi connectivity index (χ0n) is 12.1. The normalized spacial score (nSPS) is 16.9. The summed E-state index contributed by atoms with van der Waals surface area (Å²) in [7, 11) is 0. The summed E-state index contributed by atoms with van der Waals surface area (Å²) in [6.07, 6.45) is 4.48. The Hall–Kier alpha value is -3.42. The van der Waals surface area contributed by atoms with Crippen LogP contribution in [0, 0.1) is 20.2 Å². The van der Waals surface area contributed by atoms with Gasteiger partial charge in [-0.3, -0.25) is 30.0 Å². The third-order valence-corrected chi connectivity index (χ3v) is 4.46. The van der Waals surface area contributed by atoms with Crippen LogP contribution < -0.4 is 10.6 Å². The molecule has 24 heavy (non-hydrogen) atoms. The quantitative estimate of drug-likeness (QED) is 0.462. The summed E-state index contributed by atoms with van der Waals surface area (Å²) in [4.78, 5) is 37.3. The monoisotopic (exact) mass is 323 g/mol. The first kappa shape index (κ1) is 14.2. The van der Waals surface area contributed by atoms with Crippen molar-refractivity contribution in [3.8, 4) is 0 Å². The molecule has 2 aromatic carbocycles. The molecule has 0 spiro atoms. The van der Waals surface area contributed by atoms with Crippen LogP contribution in [0.15, 0.2) is 35.5 Å². The molecular weight excluding hydrogens is 314 g/mol. The fourth-order valence-electron chi connectivity index (χ4n) is 3.31. The van der Waals surface area contributed by atoms with Crippen molar-refractivity contribution in [3.05, 3.63) is 72.4 Å². The Labute approximate surface area is 133 Å². The van der Waals surface area contributed by atoms with E-state index in [0.717, 1.165) is 10.9 Å². The summed E-state index contributed by atoms with van der Waals surface area (Å²) in [6, 6.07) is 6.64. The summed E-state index contributed by atoms with van der Waals surface area (Å²) in [5, 5.41) is 25.5. The Morgan fingerprint density at radius 3 is 2.58 bits per heavy atom. The van der Waals surface area contributed by atoms with Gasteiger partial charge in [0.1, 0.15) is 15.4 Å². The molecule has 0 saturated carbocycles. The van der Waals surface area contributed by atoms with Gasteiger partial charge < -0.3 is 0 Å². The van der Waals surface area contributed by atoms with Crippen LogP contribution in [0.25, 0.3) is 22.9 Å². The molecule has 1 aliphatic carbocycles. The molecule has 1 heterocycles. The fraction of sp³-hybridized carbons (Fsp3) is 0.125. The van der Waals surface area contributed by atoms with Crippen molar-refractivity contribution in [2.24, 2.45) is 4.99 Å². The zero-order chi connectivity index (χ0) is 17.1. The van der Waals surface area contributed by atoms with E-state index in [9.17, 15) is 25.0 Å². The number of hydrogen-bond acceptors (Lipinski definition) is 6. The van der Waals surface area contributed by atoms with E-state index >= 15 is 0 Å². The van der Waals surface area contributed by atoms with Gasteiger partial charge in [-0.05, 0) is 40.3 Å². The Morgan fingerprint density at radius 2 is 1.88 bits per heavy atom. The van der Waals surface area contributed by atoms with Gasteiger partial charge in [0.15, 0.2) is 0 Å². The second-order valence-electron chi connectivity index (χ2n) is 5.62. The minimum atomic E-state index is -2.96. The molecule has 4 rings (SSSR count). The van der Waals surface area contributed by atoms with E-state index in [1.165, 1.54) is 12.1 Å². The fourth-order valence-corrected chi connectivity index (χ4v) is 3.31. The van der Waals surface area contributed by atoms with Crippen LogP contribution in [0.3, 0.4) is 0 Å². The molecule has 0 radical (unpaired) electrons. The van der Waals surface area contributed by atoms with Gasteiger partial charge in [0.2, 0.25) is 0 Å². The highest BCUT2D eigenvalue weighted by Gasteiger charge is 2.66. The lowest BCUT2D eigenvalue weighted by atomic mass is 9.85. The topological polar surface area (TPSA) is 116 Å². The van der Waals surface area contributed by atoms with Crippen LogP contribution in [0.2, 0.25) is 0 Å². The minimum Gasteiger partial charge on any atom is -0.282 e. The van der Waals surface area contributed by atoms with Crippen molar-refractivity contribution < 1.29 is 14.6 Å². The summed E-state index contributed by atoms with van der Waals surface area (Å²) in [5.41, 5.74) is -2.43. The summed E-state index contributed by atoms with van der Waals surface area (Å²) in [5.74, 6) is -1.04. The second-order valence-corrected chi connectivity index (χ2v) is 5.62. The summed E-state index contributed by atoms with van der Waals surface area (Å²) in [6.45, 7) is 0. The highest BCUT2D eigenvalue weighted by atomic mass is 16.7. The van der Waals surface area contributed by atoms with Crippen molar-refractivity contribution >= 4 is 28.7 Å². The third-order valence-electron chi connectivity index (χ3n) is 4.46. The molecule has 0 atom stereocenters. The highest BCUT2D eigenvalue weighted by molar-refractivity contribution is 5.97. The van der Waals surface area contributed by atoms with Crippen LogP contribution >= 0.6 is 0 Å². The number of carbonyl (C=O) groups is 1. The standard InChI is InChI=1S/C16H9N3O5/c20-15-4-2-10-7-9-1-3-14-11(5-6-17-14)12(9)8-13(10)16(15,18(21)22)19(23)24/h1-3,5-8H,4H2. The number of carbonyl (C=O) groups excluding carboxylic acids is 1. The van der Waals surface area contributed by atoms with Gasteiger partial charge in [-0.1, -0.05) is 12.1 Å². The number of ketones is 1. The summed E-state index contributed by atoms with van der Waals surface area (Å²) >= 11 is 0. The number of Topliss-reactive ketones (excluding diaryl/α,β-unsaturated/α-hetero) is 1. The van der Waals surface area contributed by atoms with Crippen LogP contribution in [-0.4, -0.2) is 15.6 Å². The molecule has 2 aliphatic rings. The molecule has 1 aliphatic heterocycles. The molecule has 0 fully saturated rings. The number of rotatable bonds is 2. The molecule has 0 amide bonds. The lowest BCUT2D eigenvalue weighted by Crippen LogP contribution is -2.54. The molecular formula is C16H9N3O5. The lowest BCUT2D eigenvalue weighted by Gasteiger charge is -2.20. The average molecular weight is 323 g/mol. The molecule has 0 unspecified atom stereocenters. The van der Waals surface area contributed by atoms with E-state index in [-0.39, 0.29) is 12.0 Å². The highest BCUT2D eigenvalue weighted by Crippen LogP contribution is 2.32. The van der Waals surface area contributed by atoms with E-state index in [0.29, 0.717) is 16.0 Å². The van der Waals surface area contributed by atoms with Crippen LogP contribution in [0.4, 0.5) is 0 Å². The van der Waals surface area contributed by atoms with E-state index in [4.69, 9.17) is 0 Å². The molecule has 0 bridgehead atoms. The Bertz CT molecular complexity index is 1100.